The number of hydrogen-bond donors (Lipinski definition) is 1. The fraction of sp³-hybridized carbons (Fsp3) is 0.824. The van der Waals surface area contributed by atoms with Crippen LogP contribution in [-0.2, 0) is 18.5 Å². The lowest BCUT2D eigenvalue weighted by molar-refractivity contribution is 0.166. The van der Waals surface area contributed by atoms with Crippen molar-refractivity contribution < 1.29 is 0 Å². The molecular formula is C17H30N8. The van der Waals surface area contributed by atoms with Gasteiger partial charge in [0.25, 0.3) is 0 Å². The molecular weight excluding hydrogens is 316 g/mol. The highest BCUT2D eigenvalue weighted by atomic mass is 15.6. The number of piperidine rings is 1. The largest absolute Gasteiger partial charge is 0.296 e. The Morgan fingerprint density at radius 1 is 1.20 bits per heavy atom. The number of nitrogens with zero attached hydrogens (tertiary/aromatic N) is 7. The van der Waals surface area contributed by atoms with Gasteiger partial charge in [-0.05, 0) is 63.0 Å². The summed E-state index contributed by atoms with van der Waals surface area (Å²) in [6, 6.07) is 0. The molecule has 1 saturated heterocycles. The molecule has 0 spiro atoms. The second-order valence-electron chi connectivity index (χ2n) is 8.40. The number of aromatic nitrogens is 7. The van der Waals surface area contributed by atoms with E-state index < -0.39 is 0 Å². The first-order valence-corrected chi connectivity index (χ1v) is 9.24. The van der Waals surface area contributed by atoms with E-state index >= 15 is 0 Å². The number of aromatic amines is 1. The average Bonchev–Trinajstić information content (AvgIpc) is 3.18. The lowest BCUT2D eigenvalue weighted by Gasteiger charge is -2.31. The minimum absolute atomic E-state index is 0.0857. The Bertz CT molecular complexity index is 673. The molecule has 0 amide bonds. The maximum absolute atomic E-state index is 4.61. The molecule has 2 aromatic heterocycles. The van der Waals surface area contributed by atoms with Crippen LogP contribution in [-0.4, -0.2) is 53.4 Å². The van der Waals surface area contributed by atoms with E-state index in [1.807, 2.05) is 4.68 Å². The number of likely N-dealkylation sites (tertiary alicyclic amines) is 1. The van der Waals surface area contributed by atoms with E-state index in [1.165, 1.54) is 12.8 Å². The average molecular weight is 346 g/mol. The summed E-state index contributed by atoms with van der Waals surface area (Å²) >= 11 is 0. The van der Waals surface area contributed by atoms with Crippen LogP contribution in [0.1, 0.15) is 70.9 Å². The van der Waals surface area contributed by atoms with Crippen molar-refractivity contribution in [2.45, 2.75) is 71.9 Å². The Kier molecular flexibility index (Phi) is 5.17. The van der Waals surface area contributed by atoms with E-state index in [9.17, 15) is 0 Å². The van der Waals surface area contributed by atoms with Gasteiger partial charge in [0, 0.05) is 12.3 Å². The van der Waals surface area contributed by atoms with Gasteiger partial charge >= 0.3 is 0 Å². The molecule has 0 radical (unpaired) electrons. The molecule has 0 aliphatic carbocycles. The fourth-order valence-electron chi connectivity index (χ4n) is 3.31. The smallest absolute Gasteiger partial charge is 0.165 e. The molecule has 0 atom stereocenters. The van der Waals surface area contributed by atoms with Crippen LogP contribution in [0.15, 0.2) is 0 Å². The van der Waals surface area contributed by atoms with Gasteiger partial charge < -0.3 is 0 Å². The van der Waals surface area contributed by atoms with E-state index in [0.717, 1.165) is 43.5 Å². The first-order valence-electron chi connectivity index (χ1n) is 9.24. The number of hydrogen-bond acceptors (Lipinski definition) is 6. The maximum atomic E-state index is 4.61. The standard InChI is InChI=1S/C17H30N8/c1-12(2)16-18-14(19-21-16)10-13-6-8-24(9-7-13)11-15-20-22-23-25(15)17(3,4)5/h12-13H,6-11H2,1-5H3,(H,18,19,21). The summed E-state index contributed by atoms with van der Waals surface area (Å²) in [4.78, 5) is 7.06. The van der Waals surface area contributed by atoms with Crippen molar-refractivity contribution in [3.63, 3.8) is 0 Å². The molecule has 0 bridgehead atoms. The quantitative estimate of drug-likeness (QED) is 0.892. The van der Waals surface area contributed by atoms with E-state index in [0.29, 0.717) is 11.8 Å². The van der Waals surface area contributed by atoms with Crippen LogP contribution < -0.4 is 0 Å². The van der Waals surface area contributed by atoms with Crippen LogP contribution in [0.4, 0.5) is 0 Å². The van der Waals surface area contributed by atoms with E-state index in [1.54, 1.807) is 0 Å². The predicted molar refractivity (Wildman–Crippen MR) is 95.0 cm³/mol. The number of H-pyrrole nitrogens is 1. The molecule has 25 heavy (non-hydrogen) atoms. The van der Waals surface area contributed by atoms with Crippen molar-refractivity contribution in [3.8, 4) is 0 Å². The van der Waals surface area contributed by atoms with E-state index in [-0.39, 0.29) is 5.54 Å². The number of rotatable bonds is 5. The summed E-state index contributed by atoms with van der Waals surface area (Å²) in [5.41, 5.74) is -0.0857. The minimum Gasteiger partial charge on any atom is -0.296 e. The summed E-state index contributed by atoms with van der Waals surface area (Å²) in [5, 5.41) is 19.6. The Balaban J connectivity index is 1.51. The van der Waals surface area contributed by atoms with Gasteiger partial charge in [-0.2, -0.15) is 5.10 Å². The molecule has 0 saturated carbocycles. The van der Waals surface area contributed by atoms with Crippen molar-refractivity contribution in [2.24, 2.45) is 5.92 Å². The minimum atomic E-state index is -0.0857. The molecule has 3 heterocycles. The number of tetrazole rings is 1. The van der Waals surface area contributed by atoms with Gasteiger partial charge in [0.1, 0.15) is 5.82 Å². The summed E-state index contributed by atoms with van der Waals surface area (Å²) in [6.45, 7) is 13.6. The predicted octanol–water partition coefficient (Wildman–Crippen LogP) is 2.12. The third kappa shape index (κ3) is 4.42. The maximum Gasteiger partial charge on any atom is 0.165 e. The third-order valence-corrected chi connectivity index (χ3v) is 4.79. The molecule has 2 aromatic rings. The van der Waals surface area contributed by atoms with Gasteiger partial charge in [0.05, 0.1) is 12.1 Å². The molecule has 1 aliphatic heterocycles. The van der Waals surface area contributed by atoms with Gasteiger partial charge in [-0.15, -0.1) is 5.10 Å². The second kappa shape index (κ2) is 7.19. The summed E-state index contributed by atoms with van der Waals surface area (Å²) in [7, 11) is 0. The topological polar surface area (TPSA) is 88.4 Å². The molecule has 1 fully saturated rings. The van der Waals surface area contributed by atoms with Crippen LogP contribution in [0.3, 0.4) is 0 Å². The monoisotopic (exact) mass is 346 g/mol. The van der Waals surface area contributed by atoms with Crippen molar-refractivity contribution in [1.29, 1.82) is 0 Å². The van der Waals surface area contributed by atoms with Crippen LogP contribution in [0, 0.1) is 5.92 Å². The van der Waals surface area contributed by atoms with E-state index in [4.69, 9.17) is 0 Å². The second-order valence-corrected chi connectivity index (χ2v) is 8.40. The third-order valence-electron chi connectivity index (χ3n) is 4.79. The highest BCUT2D eigenvalue weighted by Gasteiger charge is 2.25. The number of nitrogens with one attached hydrogen (secondary N) is 1. The lowest BCUT2D eigenvalue weighted by Crippen LogP contribution is -2.36. The molecule has 8 heteroatoms. The molecule has 0 unspecified atom stereocenters. The Morgan fingerprint density at radius 3 is 2.52 bits per heavy atom. The van der Waals surface area contributed by atoms with Gasteiger partial charge in [-0.1, -0.05) is 13.8 Å². The van der Waals surface area contributed by atoms with Crippen molar-refractivity contribution in [1.82, 2.24) is 40.3 Å². The first kappa shape index (κ1) is 18.0. The first-order chi connectivity index (χ1) is 11.8. The fourth-order valence-corrected chi connectivity index (χ4v) is 3.31. The molecule has 138 valence electrons. The Labute approximate surface area is 149 Å². The highest BCUT2D eigenvalue weighted by molar-refractivity contribution is 4.96. The molecule has 3 rings (SSSR count). The van der Waals surface area contributed by atoms with Crippen LogP contribution in [0.2, 0.25) is 0 Å². The van der Waals surface area contributed by atoms with Gasteiger partial charge in [-0.3, -0.25) is 10.00 Å². The zero-order chi connectivity index (χ0) is 18.0. The lowest BCUT2D eigenvalue weighted by atomic mass is 9.93. The van der Waals surface area contributed by atoms with Crippen molar-refractivity contribution in [3.05, 3.63) is 17.5 Å². The molecule has 0 aromatic carbocycles. The summed E-state index contributed by atoms with van der Waals surface area (Å²) in [5.74, 6) is 3.94. The van der Waals surface area contributed by atoms with Crippen LogP contribution >= 0.6 is 0 Å². The summed E-state index contributed by atoms with van der Waals surface area (Å²) < 4.78 is 1.93. The summed E-state index contributed by atoms with van der Waals surface area (Å²) in [6.07, 6.45) is 3.34. The van der Waals surface area contributed by atoms with Crippen LogP contribution in [0.5, 0.6) is 0 Å². The van der Waals surface area contributed by atoms with Crippen molar-refractivity contribution >= 4 is 0 Å². The molecule has 8 nitrogen and oxygen atoms in total. The highest BCUT2D eigenvalue weighted by Crippen LogP contribution is 2.23. The van der Waals surface area contributed by atoms with Crippen molar-refractivity contribution in [2.75, 3.05) is 13.1 Å². The van der Waals surface area contributed by atoms with Crippen LogP contribution in [0.25, 0.3) is 0 Å². The van der Waals surface area contributed by atoms with Gasteiger partial charge in [-0.25, -0.2) is 9.67 Å². The van der Waals surface area contributed by atoms with E-state index in [2.05, 4.69) is 70.2 Å². The zero-order valence-corrected chi connectivity index (χ0v) is 16.0. The van der Waals surface area contributed by atoms with Gasteiger partial charge in [0.15, 0.2) is 11.6 Å². The normalized spacial score (nSPS) is 17.5. The Morgan fingerprint density at radius 2 is 1.92 bits per heavy atom. The molecule has 1 N–H and O–H groups in total. The molecule has 1 aliphatic rings. The Hall–Kier alpha value is -1.83. The van der Waals surface area contributed by atoms with Gasteiger partial charge in [0.2, 0.25) is 0 Å². The SMILES string of the molecule is CC(C)c1n[nH]c(CC2CCN(Cc3nnnn3C(C)(C)C)CC2)n1. The zero-order valence-electron chi connectivity index (χ0n) is 16.0.